The molecule has 0 bridgehead atoms. The number of amides is 1. The summed E-state index contributed by atoms with van der Waals surface area (Å²) in [6.45, 7) is 0.450. The number of thioether (sulfide) groups is 1. The van der Waals surface area contributed by atoms with Gasteiger partial charge >= 0.3 is 0 Å². The molecule has 2 N–H and O–H groups in total. The van der Waals surface area contributed by atoms with E-state index in [2.05, 4.69) is 16.3 Å². The van der Waals surface area contributed by atoms with Crippen LogP contribution in [0.2, 0.25) is 0 Å². The predicted octanol–water partition coefficient (Wildman–Crippen LogP) is 3.05. The van der Waals surface area contributed by atoms with E-state index in [0.29, 0.717) is 17.9 Å². The molecule has 6 nitrogen and oxygen atoms in total. The van der Waals surface area contributed by atoms with Crippen molar-refractivity contribution in [2.45, 2.75) is 23.9 Å². The van der Waals surface area contributed by atoms with Crippen molar-refractivity contribution in [2.75, 3.05) is 0 Å². The molecule has 0 spiro atoms. The van der Waals surface area contributed by atoms with E-state index in [4.69, 9.17) is 11.0 Å². The van der Waals surface area contributed by atoms with Gasteiger partial charge in [-0.25, -0.2) is 0 Å². The van der Waals surface area contributed by atoms with Crippen molar-refractivity contribution in [1.82, 2.24) is 14.8 Å². The van der Waals surface area contributed by atoms with Crippen LogP contribution in [0.25, 0.3) is 10.7 Å². The summed E-state index contributed by atoms with van der Waals surface area (Å²) in [4.78, 5) is 12.2. The number of rotatable bonds is 7. The van der Waals surface area contributed by atoms with Gasteiger partial charge in [0.1, 0.15) is 0 Å². The molecule has 0 aliphatic heterocycles. The smallest absolute Gasteiger partial charge is 0.219 e. The van der Waals surface area contributed by atoms with Gasteiger partial charge in [0.25, 0.3) is 0 Å². The molecule has 1 amide bonds. The van der Waals surface area contributed by atoms with E-state index in [-0.39, 0.29) is 12.3 Å². The van der Waals surface area contributed by atoms with E-state index in [9.17, 15) is 4.79 Å². The zero-order valence-electron chi connectivity index (χ0n) is 13.3. The third-order valence-electron chi connectivity index (χ3n) is 3.49. The predicted molar refractivity (Wildman–Crippen MR) is 97.9 cm³/mol. The SMILES string of the molecule is N#Cc1ccc(CSc2nnc(-c3cccs3)n2CCC(N)=O)cc1. The average Bonchev–Trinajstić information content (AvgIpc) is 3.27. The Morgan fingerprint density at radius 1 is 1.28 bits per heavy atom. The number of primary amides is 1. The molecule has 126 valence electrons. The fourth-order valence-electron chi connectivity index (χ4n) is 2.23. The quantitative estimate of drug-likeness (QED) is 0.646. The summed E-state index contributed by atoms with van der Waals surface area (Å²) in [7, 11) is 0. The highest BCUT2D eigenvalue weighted by atomic mass is 32.2. The summed E-state index contributed by atoms with van der Waals surface area (Å²) in [6, 6.07) is 13.5. The maximum absolute atomic E-state index is 11.2. The molecule has 0 aliphatic rings. The minimum atomic E-state index is -0.353. The standard InChI is InChI=1S/C17H15N5OS2/c18-10-12-3-5-13(6-4-12)11-25-17-21-20-16(14-2-1-9-24-14)22(17)8-7-15(19)23/h1-6,9H,7-8,11H2,(H2,19,23). The monoisotopic (exact) mass is 369 g/mol. The molecule has 2 aromatic heterocycles. The lowest BCUT2D eigenvalue weighted by Crippen LogP contribution is -2.14. The van der Waals surface area contributed by atoms with Crippen molar-refractivity contribution in [3.05, 3.63) is 52.9 Å². The molecule has 3 rings (SSSR count). The van der Waals surface area contributed by atoms with Crippen molar-refractivity contribution >= 4 is 29.0 Å². The Kier molecular flexibility index (Phi) is 5.48. The molecule has 0 aliphatic carbocycles. The number of nitriles is 1. The van der Waals surface area contributed by atoms with Crippen LogP contribution in [0.5, 0.6) is 0 Å². The van der Waals surface area contributed by atoms with Crippen molar-refractivity contribution in [3.63, 3.8) is 0 Å². The molecule has 1 aromatic carbocycles. The van der Waals surface area contributed by atoms with Gasteiger partial charge in [0, 0.05) is 18.7 Å². The van der Waals surface area contributed by atoms with E-state index in [1.54, 1.807) is 35.2 Å². The Morgan fingerprint density at radius 3 is 2.72 bits per heavy atom. The first-order valence-corrected chi connectivity index (χ1v) is 9.41. The van der Waals surface area contributed by atoms with Gasteiger partial charge < -0.3 is 10.3 Å². The maximum atomic E-state index is 11.2. The van der Waals surface area contributed by atoms with Gasteiger partial charge in [0.2, 0.25) is 5.91 Å². The average molecular weight is 369 g/mol. The second-order valence-electron chi connectivity index (χ2n) is 5.25. The second kappa shape index (κ2) is 7.96. The lowest BCUT2D eigenvalue weighted by atomic mass is 10.2. The van der Waals surface area contributed by atoms with Gasteiger partial charge in [-0.05, 0) is 29.1 Å². The molecule has 25 heavy (non-hydrogen) atoms. The summed E-state index contributed by atoms with van der Waals surface area (Å²) in [5.41, 5.74) is 7.02. The fraction of sp³-hybridized carbons (Fsp3) is 0.176. The van der Waals surface area contributed by atoms with E-state index in [0.717, 1.165) is 21.4 Å². The summed E-state index contributed by atoms with van der Waals surface area (Å²) in [5.74, 6) is 1.10. The zero-order chi connectivity index (χ0) is 17.6. The maximum Gasteiger partial charge on any atom is 0.219 e. The number of carbonyl (C=O) groups is 1. The summed E-state index contributed by atoms with van der Waals surface area (Å²) >= 11 is 3.12. The number of aromatic nitrogens is 3. The Bertz CT molecular complexity index is 894. The van der Waals surface area contributed by atoms with E-state index >= 15 is 0 Å². The first-order chi connectivity index (χ1) is 12.2. The largest absolute Gasteiger partial charge is 0.370 e. The van der Waals surface area contributed by atoms with Crippen molar-refractivity contribution in [3.8, 4) is 16.8 Å². The first kappa shape index (κ1) is 17.2. The molecule has 3 aromatic rings. The molecule has 0 atom stereocenters. The Hall–Kier alpha value is -2.63. The van der Waals surface area contributed by atoms with Crippen LogP contribution in [-0.2, 0) is 17.1 Å². The highest BCUT2D eigenvalue weighted by Gasteiger charge is 2.15. The third-order valence-corrected chi connectivity index (χ3v) is 5.39. The summed E-state index contributed by atoms with van der Waals surface area (Å²) < 4.78 is 1.94. The van der Waals surface area contributed by atoms with Crippen LogP contribution >= 0.6 is 23.1 Å². The van der Waals surface area contributed by atoms with Crippen LogP contribution < -0.4 is 5.73 Å². The van der Waals surface area contributed by atoms with Gasteiger partial charge in [-0.1, -0.05) is 30.0 Å². The van der Waals surface area contributed by atoms with Crippen molar-refractivity contribution in [2.24, 2.45) is 5.73 Å². The summed E-state index contributed by atoms with van der Waals surface area (Å²) in [6.07, 6.45) is 0.237. The van der Waals surface area contributed by atoms with E-state index in [1.807, 2.05) is 34.2 Å². The number of thiophene rings is 1. The lowest BCUT2D eigenvalue weighted by Gasteiger charge is -2.08. The lowest BCUT2D eigenvalue weighted by molar-refractivity contribution is -0.118. The molecule has 0 saturated carbocycles. The van der Waals surface area contributed by atoms with Crippen LogP contribution in [0.4, 0.5) is 0 Å². The van der Waals surface area contributed by atoms with Crippen LogP contribution in [0.1, 0.15) is 17.5 Å². The number of hydrogen-bond acceptors (Lipinski definition) is 6. The normalized spacial score (nSPS) is 10.5. The number of nitrogens with zero attached hydrogens (tertiary/aromatic N) is 4. The van der Waals surface area contributed by atoms with Crippen LogP contribution in [0.15, 0.2) is 46.9 Å². The van der Waals surface area contributed by atoms with Gasteiger partial charge in [-0.2, -0.15) is 5.26 Å². The molecule has 0 fully saturated rings. The number of benzene rings is 1. The molecule has 0 unspecified atom stereocenters. The van der Waals surface area contributed by atoms with Crippen molar-refractivity contribution < 1.29 is 4.79 Å². The van der Waals surface area contributed by atoms with E-state index < -0.39 is 0 Å². The van der Waals surface area contributed by atoms with E-state index in [1.165, 1.54) is 0 Å². The fourth-order valence-corrected chi connectivity index (χ4v) is 3.87. The van der Waals surface area contributed by atoms with Crippen LogP contribution in [-0.4, -0.2) is 20.7 Å². The minimum absolute atomic E-state index is 0.237. The molecule has 2 heterocycles. The highest BCUT2D eigenvalue weighted by Crippen LogP contribution is 2.29. The number of carbonyl (C=O) groups excluding carboxylic acids is 1. The number of nitrogens with two attached hydrogens (primary N) is 1. The Labute approximate surface area is 153 Å². The topological polar surface area (TPSA) is 97.6 Å². The van der Waals surface area contributed by atoms with Crippen LogP contribution in [0.3, 0.4) is 0 Å². The number of hydrogen-bond donors (Lipinski definition) is 1. The van der Waals surface area contributed by atoms with Gasteiger partial charge in [0.05, 0.1) is 16.5 Å². The molecular formula is C17H15N5OS2. The minimum Gasteiger partial charge on any atom is -0.370 e. The second-order valence-corrected chi connectivity index (χ2v) is 7.14. The summed E-state index contributed by atoms with van der Waals surface area (Å²) in [5, 5.41) is 20.1. The molecule has 0 saturated heterocycles. The van der Waals surface area contributed by atoms with Gasteiger partial charge in [-0.3, -0.25) is 4.79 Å². The molecule has 0 radical (unpaired) electrons. The van der Waals surface area contributed by atoms with Gasteiger partial charge in [0.15, 0.2) is 11.0 Å². The Balaban J connectivity index is 1.79. The van der Waals surface area contributed by atoms with Gasteiger partial charge in [-0.15, -0.1) is 21.5 Å². The zero-order valence-corrected chi connectivity index (χ0v) is 14.9. The van der Waals surface area contributed by atoms with Crippen LogP contribution in [0, 0.1) is 11.3 Å². The first-order valence-electron chi connectivity index (χ1n) is 7.54. The Morgan fingerprint density at radius 2 is 2.08 bits per heavy atom. The highest BCUT2D eigenvalue weighted by molar-refractivity contribution is 7.98. The molecule has 8 heteroatoms. The third kappa shape index (κ3) is 4.26. The molecular weight excluding hydrogens is 354 g/mol. The van der Waals surface area contributed by atoms with Crippen molar-refractivity contribution in [1.29, 1.82) is 5.26 Å².